The molecule has 0 amide bonds. The van der Waals surface area contributed by atoms with Crippen molar-refractivity contribution >= 4 is 38.7 Å². The van der Waals surface area contributed by atoms with Crippen molar-refractivity contribution in [2.45, 2.75) is 17.6 Å². The van der Waals surface area contributed by atoms with Gasteiger partial charge in [-0.15, -0.1) is 11.8 Å². The standard InChI is InChI=1S/C17H13BrO2S/c1-11-6-7-13-12(9-17(19)20-15(13)8-11)10-21-16-5-3-2-4-14(16)18/h2-9H,10H2,1H3. The largest absolute Gasteiger partial charge is 0.423 e. The molecule has 1 aromatic heterocycles. The fraction of sp³-hybridized carbons (Fsp3) is 0.118. The van der Waals surface area contributed by atoms with Gasteiger partial charge in [0.05, 0.1) is 0 Å². The number of hydrogen-bond acceptors (Lipinski definition) is 3. The highest BCUT2D eigenvalue weighted by molar-refractivity contribution is 9.10. The van der Waals surface area contributed by atoms with E-state index in [1.165, 1.54) is 0 Å². The van der Waals surface area contributed by atoms with Crippen molar-refractivity contribution in [3.63, 3.8) is 0 Å². The van der Waals surface area contributed by atoms with Crippen LogP contribution in [0.1, 0.15) is 11.1 Å². The Bertz CT molecular complexity index is 855. The summed E-state index contributed by atoms with van der Waals surface area (Å²) in [5.74, 6) is 0.730. The van der Waals surface area contributed by atoms with Gasteiger partial charge in [-0.2, -0.15) is 0 Å². The average Bonchev–Trinajstić information content (AvgIpc) is 2.45. The van der Waals surface area contributed by atoms with Crippen LogP contribution in [0.2, 0.25) is 0 Å². The maximum absolute atomic E-state index is 11.7. The smallest absolute Gasteiger partial charge is 0.336 e. The third kappa shape index (κ3) is 3.22. The van der Waals surface area contributed by atoms with Gasteiger partial charge in [0, 0.05) is 26.6 Å². The molecule has 0 spiro atoms. The Morgan fingerprint density at radius 3 is 2.76 bits per heavy atom. The van der Waals surface area contributed by atoms with E-state index in [0.29, 0.717) is 5.58 Å². The van der Waals surface area contributed by atoms with Crippen LogP contribution in [0.5, 0.6) is 0 Å². The molecule has 3 aromatic rings. The van der Waals surface area contributed by atoms with Crippen molar-refractivity contribution in [2.24, 2.45) is 0 Å². The molecule has 0 unspecified atom stereocenters. The van der Waals surface area contributed by atoms with E-state index >= 15 is 0 Å². The predicted octanol–water partition coefficient (Wildman–Crippen LogP) is 5.16. The maximum Gasteiger partial charge on any atom is 0.336 e. The van der Waals surface area contributed by atoms with E-state index in [1.807, 2.05) is 43.3 Å². The molecule has 0 fully saturated rings. The van der Waals surface area contributed by atoms with Gasteiger partial charge in [-0.25, -0.2) is 4.79 Å². The highest BCUT2D eigenvalue weighted by Crippen LogP contribution is 2.31. The lowest BCUT2D eigenvalue weighted by molar-refractivity contribution is 0.559. The van der Waals surface area contributed by atoms with E-state index in [4.69, 9.17) is 4.42 Å². The quantitative estimate of drug-likeness (QED) is 0.477. The Kier molecular flexibility index (Phi) is 4.17. The summed E-state index contributed by atoms with van der Waals surface area (Å²) in [6.45, 7) is 1.99. The number of aryl methyl sites for hydroxylation is 1. The molecule has 0 saturated carbocycles. The van der Waals surface area contributed by atoms with E-state index in [1.54, 1.807) is 17.8 Å². The van der Waals surface area contributed by atoms with Gasteiger partial charge < -0.3 is 4.42 Å². The number of fused-ring (bicyclic) bond motifs is 1. The molecule has 21 heavy (non-hydrogen) atoms. The summed E-state index contributed by atoms with van der Waals surface area (Å²) in [5, 5.41) is 1.000. The van der Waals surface area contributed by atoms with Crippen molar-refractivity contribution in [3.05, 3.63) is 74.6 Å². The van der Waals surface area contributed by atoms with Crippen LogP contribution in [0.25, 0.3) is 11.0 Å². The second-order valence-electron chi connectivity index (χ2n) is 4.81. The molecule has 4 heteroatoms. The molecule has 0 aliphatic heterocycles. The van der Waals surface area contributed by atoms with Crippen molar-refractivity contribution in [2.75, 3.05) is 0 Å². The Morgan fingerprint density at radius 2 is 1.95 bits per heavy atom. The summed E-state index contributed by atoms with van der Waals surface area (Å²) in [4.78, 5) is 12.9. The van der Waals surface area contributed by atoms with Crippen LogP contribution < -0.4 is 5.63 Å². The molecular weight excluding hydrogens is 348 g/mol. The monoisotopic (exact) mass is 360 g/mol. The lowest BCUT2D eigenvalue weighted by Crippen LogP contribution is -2.00. The minimum absolute atomic E-state index is 0.296. The zero-order valence-corrected chi connectivity index (χ0v) is 13.8. The number of hydrogen-bond donors (Lipinski definition) is 0. The van der Waals surface area contributed by atoms with Gasteiger partial charge in [0.25, 0.3) is 0 Å². The van der Waals surface area contributed by atoms with Gasteiger partial charge in [0.2, 0.25) is 0 Å². The van der Waals surface area contributed by atoms with Crippen molar-refractivity contribution in [3.8, 4) is 0 Å². The van der Waals surface area contributed by atoms with E-state index in [0.717, 1.165) is 31.6 Å². The lowest BCUT2D eigenvalue weighted by atomic mass is 10.1. The van der Waals surface area contributed by atoms with Crippen LogP contribution in [-0.4, -0.2) is 0 Å². The first kappa shape index (κ1) is 14.4. The number of benzene rings is 2. The van der Waals surface area contributed by atoms with Crippen molar-refractivity contribution < 1.29 is 4.42 Å². The third-order valence-electron chi connectivity index (χ3n) is 3.21. The SMILES string of the molecule is Cc1ccc2c(CSc3ccccc3Br)cc(=O)oc2c1. The van der Waals surface area contributed by atoms with E-state index < -0.39 is 0 Å². The normalized spacial score (nSPS) is 11.0. The van der Waals surface area contributed by atoms with Gasteiger partial charge in [-0.3, -0.25) is 0 Å². The van der Waals surface area contributed by atoms with Crippen LogP contribution in [0.4, 0.5) is 0 Å². The molecule has 3 rings (SSSR count). The van der Waals surface area contributed by atoms with E-state index in [2.05, 4.69) is 22.0 Å². The zero-order chi connectivity index (χ0) is 14.8. The van der Waals surface area contributed by atoms with Crippen LogP contribution in [0.15, 0.2) is 67.1 Å². The number of rotatable bonds is 3. The third-order valence-corrected chi connectivity index (χ3v) is 5.28. The minimum Gasteiger partial charge on any atom is -0.423 e. The van der Waals surface area contributed by atoms with Crippen LogP contribution in [0.3, 0.4) is 0 Å². The van der Waals surface area contributed by atoms with Gasteiger partial charge in [-0.05, 0) is 52.2 Å². The Morgan fingerprint density at radius 1 is 1.14 bits per heavy atom. The molecule has 2 nitrogen and oxygen atoms in total. The summed E-state index contributed by atoms with van der Waals surface area (Å²) in [6, 6.07) is 15.6. The Balaban J connectivity index is 1.97. The molecule has 0 aliphatic rings. The molecule has 106 valence electrons. The van der Waals surface area contributed by atoms with Crippen LogP contribution in [0, 0.1) is 6.92 Å². The molecular formula is C17H13BrO2S. The fourth-order valence-corrected chi connectivity index (χ4v) is 3.73. The number of thioether (sulfide) groups is 1. The first-order valence-electron chi connectivity index (χ1n) is 6.54. The van der Waals surface area contributed by atoms with Gasteiger partial charge in [-0.1, -0.05) is 24.3 Å². The molecule has 0 saturated heterocycles. The van der Waals surface area contributed by atoms with Crippen molar-refractivity contribution in [1.29, 1.82) is 0 Å². The molecule has 2 aromatic carbocycles. The highest BCUT2D eigenvalue weighted by Gasteiger charge is 2.07. The van der Waals surface area contributed by atoms with Crippen LogP contribution >= 0.6 is 27.7 Å². The second-order valence-corrected chi connectivity index (χ2v) is 6.68. The zero-order valence-electron chi connectivity index (χ0n) is 11.4. The maximum atomic E-state index is 11.7. The first-order valence-corrected chi connectivity index (χ1v) is 8.32. The molecule has 0 atom stereocenters. The summed E-state index contributed by atoms with van der Waals surface area (Å²) < 4.78 is 6.35. The van der Waals surface area contributed by atoms with E-state index in [9.17, 15) is 4.79 Å². The van der Waals surface area contributed by atoms with Gasteiger partial charge in [0.15, 0.2) is 0 Å². The Labute approximate surface area is 135 Å². The minimum atomic E-state index is -0.296. The summed E-state index contributed by atoms with van der Waals surface area (Å²) >= 11 is 5.24. The van der Waals surface area contributed by atoms with Gasteiger partial charge in [0.1, 0.15) is 5.58 Å². The number of halogens is 1. The summed E-state index contributed by atoms with van der Waals surface area (Å²) in [7, 11) is 0. The molecule has 0 radical (unpaired) electrons. The lowest BCUT2D eigenvalue weighted by Gasteiger charge is -2.07. The topological polar surface area (TPSA) is 30.2 Å². The summed E-state index contributed by atoms with van der Waals surface area (Å²) in [6.07, 6.45) is 0. The molecule has 1 heterocycles. The molecule has 0 N–H and O–H groups in total. The molecule has 0 aliphatic carbocycles. The predicted molar refractivity (Wildman–Crippen MR) is 90.9 cm³/mol. The average molecular weight is 361 g/mol. The van der Waals surface area contributed by atoms with Crippen LogP contribution in [-0.2, 0) is 5.75 Å². The van der Waals surface area contributed by atoms with E-state index in [-0.39, 0.29) is 5.63 Å². The second kappa shape index (κ2) is 6.08. The molecule has 0 bridgehead atoms. The summed E-state index contributed by atoms with van der Waals surface area (Å²) in [5.41, 5.74) is 2.45. The fourth-order valence-electron chi connectivity index (χ4n) is 2.17. The van der Waals surface area contributed by atoms with Crippen molar-refractivity contribution in [1.82, 2.24) is 0 Å². The highest BCUT2D eigenvalue weighted by atomic mass is 79.9. The Hall–Kier alpha value is -1.52. The first-order chi connectivity index (χ1) is 10.1. The van der Waals surface area contributed by atoms with Gasteiger partial charge >= 0.3 is 5.63 Å².